The van der Waals surface area contributed by atoms with Gasteiger partial charge in [-0.15, -0.1) is 11.8 Å². The van der Waals surface area contributed by atoms with Crippen LogP contribution in [0.3, 0.4) is 0 Å². The first-order chi connectivity index (χ1) is 9.42. The average Bonchev–Trinajstić information content (AvgIpc) is 2.81. The second kappa shape index (κ2) is 6.06. The number of ether oxygens (including phenoxy) is 1. The highest BCUT2D eigenvalue weighted by atomic mass is 32.2. The minimum atomic E-state index is -0.536. The number of aliphatic hydroxyl groups excluding tert-OH is 1. The van der Waals surface area contributed by atoms with Crippen LogP contribution in [0.15, 0.2) is 30.3 Å². The lowest BCUT2D eigenvalue weighted by molar-refractivity contribution is 0.0117. The van der Waals surface area contributed by atoms with Gasteiger partial charge in [-0.3, -0.25) is 4.90 Å². The summed E-state index contributed by atoms with van der Waals surface area (Å²) >= 11 is 1.66. The summed E-state index contributed by atoms with van der Waals surface area (Å²) in [5, 5.41) is 9.39. The summed E-state index contributed by atoms with van der Waals surface area (Å²) in [5.41, 5.74) is 0.519. The van der Waals surface area contributed by atoms with Gasteiger partial charge in [-0.25, -0.2) is 4.79 Å². The molecule has 1 aromatic rings. The fourth-order valence-electron chi connectivity index (χ4n) is 2.13. The van der Waals surface area contributed by atoms with Gasteiger partial charge in [-0.2, -0.15) is 0 Å². The van der Waals surface area contributed by atoms with E-state index in [1.165, 1.54) is 0 Å². The molecule has 2 rings (SSSR count). The van der Waals surface area contributed by atoms with Crippen molar-refractivity contribution in [3.8, 4) is 0 Å². The zero-order chi connectivity index (χ0) is 14.8. The van der Waals surface area contributed by atoms with Crippen molar-refractivity contribution in [3.63, 3.8) is 0 Å². The van der Waals surface area contributed by atoms with Crippen LogP contribution in [-0.4, -0.2) is 40.1 Å². The molecular formula is C15H21NO3S. The number of rotatable bonds is 2. The average molecular weight is 295 g/mol. The van der Waals surface area contributed by atoms with E-state index in [9.17, 15) is 9.90 Å². The molecule has 110 valence electrons. The van der Waals surface area contributed by atoms with E-state index in [-0.39, 0.29) is 24.1 Å². The lowest BCUT2D eigenvalue weighted by atomic mass is 10.2. The number of carbonyl (C=O) groups is 1. The maximum absolute atomic E-state index is 12.4. The molecule has 1 fully saturated rings. The van der Waals surface area contributed by atoms with E-state index in [0.29, 0.717) is 0 Å². The quantitative estimate of drug-likeness (QED) is 0.911. The number of aliphatic hydroxyl groups is 1. The van der Waals surface area contributed by atoms with Crippen LogP contribution in [0, 0.1) is 0 Å². The van der Waals surface area contributed by atoms with Crippen LogP contribution in [0.2, 0.25) is 0 Å². The minimum Gasteiger partial charge on any atom is -0.444 e. The Bertz CT molecular complexity index is 458. The summed E-state index contributed by atoms with van der Waals surface area (Å²) in [5.74, 6) is 0.718. The Kier molecular flexibility index (Phi) is 4.60. The molecule has 0 spiro atoms. The Morgan fingerprint density at radius 2 is 2.05 bits per heavy atom. The van der Waals surface area contributed by atoms with Crippen LogP contribution < -0.4 is 0 Å². The van der Waals surface area contributed by atoms with Crippen LogP contribution in [0.25, 0.3) is 0 Å². The molecule has 1 amide bonds. The molecule has 4 nitrogen and oxygen atoms in total. The molecule has 1 aliphatic rings. The Labute approximate surface area is 124 Å². The van der Waals surface area contributed by atoms with Gasteiger partial charge in [0.05, 0.1) is 12.6 Å². The lowest BCUT2D eigenvalue weighted by Crippen LogP contribution is -2.43. The predicted octanol–water partition coefficient (Wildman–Crippen LogP) is 3.03. The molecule has 1 aromatic carbocycles. The molecule has 1 saturated heterocycles. The van der Waals surface area contributed by atoms with Gasteiger partial charge in [0, 0.05) is 5.75 Å². The van der Waals surface area contributed by atoms with Crippen molar-refractivity contribution in [2.24, 2.45) is 0 Å². The number of thioether (sulfide) groups is 1. The topological polar surface area (TPSA) is 49.8 Å². The van der Waals surface area contributed by atoms with Crippen molar-refractivity contribution < 1.29 is 14.6 Å². The standard InChI is InChI=1S/C15H21NO3S/c1-15(2,3)19-14(18)16-12(9-17)10-20-13(16)11-7-5-4-6-8-11/h4-8,12-13,17H,9-10H2,1-3H3/t12?,13-/m1/s1. The highest BCUT2D eigenvalue weighted by Gasteiger charge is 2.40. The molecule has 0 radical (unpaired) electrons. The molecule has 0 aromatic heterocycles. The van der Waals surface area contributed by atoms with E-state index in [4.69, 9.17) is 4.74 Å². The number of hydrogen-bond donors (Lipinski definition) is 1. The molecule has 5 heteroatoms. The van der Waals surface area contributed by atoms with Crippen LogP contribution in [0.1, 0.15) is 31.7 Å². The third-order valence-electron chi connectivity index (χ3n) is 2.99. The van der Waals surface area contributed by atoms with Gasteiger partial charge in [-0.1, -0.05) is 30.3 Å². The molecule has 1 N–H and O–H groups in total. The highest BCUT2D eigenvalue weighted by molar-refractivity contribution is 7.99. The number of carbonyl (C=O) groups excluding carboxylic acids is 1. The van der Waals surface area contributed by atoms with Crippen molar-refractivity contribution in [1.82, 2.24) is 4.90 Å². The summed E-state index contributed by atoms with van der Waals surface area (Å²) in [4.78, 5) is 14.1. The smallest absolute Gasteiger partial charge is 0.411 e. The van der Waals surface area contributed by atoms with Crippen LogP contribution >= 0.6 is 11.8 Å². The van der Waals surface area contributed by atoms with E-state index < -0.39 is 5.60 Å². The zero-order valence-electron chi connectivity index (χ0n) is 12.1. The van der Waals surface area contributed by atoms with E-state index in [1.54, 1.807) is 16.7 Å². The van der Waals surface area contributed by atoms with E-state index in [2.05, 4.69) is 0 Å². The predicted molar refractivity (Wildman–Crippen MR) is 80.6 cm³/mol. The SMILES string of the molecule is CC(C)(C)OC(=O)N1C(CO)CS[C@@H]1c1ccccc1. The summed E-state index contributed by atoms with van der Waals surface area (Å²) in [7, 11) is 0. The Balaban J connectivity index is 2.22. The molecule has 1 aliphatic heterocycles. The normalized spacial score (nSPS) is 22.9. The highest BCUT2D eigenvalue weighted by Crippen LogP contribution is 2.41. The maximum atomic E-state index is 12.4. The summed E-state index contributed by atoms with van der Waals surface area (Å²) < 4.78 is 5.47. The Morgan fingerprint density at radius 1 is 1.40 bits per heavy atom. The number of amides is 1. The monoisotopic (exact) mass is 295 g/mol. The molecule has 1 heterocycles. The van der Waals surface area contributed by atoms with Gasteiger partial charge in [0.15, 0.2) is 0 Å². The van der Waals surface area contributed by atoms with E-state index in [1.807, 2.05) is 51.1 Å². The largest absolute Gasteiger partial charge is 0.444 e. The second-order valence-corrected chi connectivity index (χ2v) is 6.93. The van der Waals surface area contributed by atoms with Crippen LogP contribution in [-0.2, 0) is 4.74 Å². The first-order valence-electron chi connectivity index (χ1n) is 6.71. The molecule has 0 aliphatic carbocycles. The van der Waals surface area contributed by atoms with Crippen molar-refractivity contribution in [3.05, 3.63) is 35.9 Å². The molecule has 2 atom stereocenters. The third-order valence-corrected chi connectivity index (χ3v) is 4.38. The van der Waals surface area contributed by atoms with Gasteiger partial charge in [0.2, 0.25) is 0 Å². The molecule has 0 saturated carbocycles. The van der Waals surface area contributed by atoms with Crippen molar-refractivity contribution in [2.75, 3.05) is 12.4 Å². The summed E-state index contributed by atoms with van der Waals surface area (Å²) in [6, 6.07) is 9.65. The minimum absolute atomic E-state index is 0.0461. The van der Waals surface area contributed by atoms with Crippen molar-refractivity contribution in [2.45, 2.75) is 37.8 Å². The summed E-state index contributed by atoms with van der Waals surface area (Å²) in [6.07, 6.45) is -0.365. The van der Waals surface area contributed by atoms with Gasteiger partial charge in [0.1, 0.15) is 11.0 Å². The fourth-order valence-corrected chi connectivity index (χ4v) is 3.57. The fraction of sp³-hybridized carbons (Fsp3) is 0.533. The molecule has 0 bridgehead atoms. The number of benzene rings is 1. The molecule has 20 heavy (non-hydrogen) atoms. The van der Waals surface area contributed by atoms with Gasteiger partial charge in [0.25, 0.3) is 0 Å². The van der Waals surface area contributed by atoms with Crippen LogP contribution in [0.5, 0.6) is 0 Å². The van der Waals surface area contributed by atoms with Crippen molar-refractivity contribution >= 4 is 17.9 Å². The van der Waals surface area contributed by atoms with Crippen molar-refractivity contribution in [1.29, 1.82) is 0 Å². The number of hydrogen-bond acceptors (Lipinski definition) is 4. The summed E-state index contributed by atoms with van der Waals surface area (Å²) in [6.45, 7) is 5.49. The van der Waals surface area contributed by atoms with E-state index >= 15 is 0 Å². The zero-order valence-corrected chi connectivity index (χ0v) is 12.9. The van der Waals surface area contributed by atoms with Gasteiger partial charge in [-0.05, 0) is 26.3 Å². The number of nitrogens with zero attached hydrogens (tertiary/aromatic N) is 1. The first kappa shape index (κ1) is 15.2. The lowest BCUT2D eigenvalue weighted by Gasteiger charge is -2.31. The third kappa shape index (κ3) is 3.46. The molecule has 1 unspecified atom stereocenters. The Hall–Kier alpha value is -1.20. The molecular weight excluding hydrogens is 274 g/mol. The van der Waals surface area contributed by atoms with Crippen LogP contribution in [0.4, 0.5) is 4.79 Å². The maximum Gasteiger partial charge on any atom is 0.411 e. The first-order valence-corrected chi connectivity index (χ1v) is 7.76. The second-order valence-electron chi connectivity index (χ2n) is 5.82. The Morgan fingerprint density at radius 3 is 2.60 bits per heavy atom. The van der Waals surface area contributed by atoms with E-state index in [0.717, 1.165) is 11.3 Å². The van der Waals surface area contributed by atoms with Gasteiger partial charge < -0.3 is 9.84 Å². The van der Waals surface area contributed by atoms with Gasteiger partial charge >= 0.3 is 6.09 Å².